The molecule has 0 saturated carbocycles. The third-order valence-corrected chi connectivity index (χ3v) is 2.08. The third kappa shape index (κ3) is 6.86. The normalized spacial score (nSPS) is 11.4. The van der Waals surface area contributed by atoms with E-state index in [9.17, 15) is 4.79 Å². The Bertz CT molecular complexity index is 169. The van der Waals surface area contributed by atoms with E-state index in [1.165, 1.54) is 7.11 Å². The first-order chi connectivity index (χ1) is 6.52. The van der Waals surface area contributed by atoms with Crippen LogP contribution < -0.4 is 5.32 Å². The minimum absolute atomic E-state index is 0.143. The van der Waals surface area contributed by atoms with Gasteiger partial charge in [0.1, 0.15) is 0 Å². The van der Waals surface area contributed by atoms with Gasteiger partial charge in [-0.3, -0.25) is 4.79 Å². The highest BCUT2D eigenvalue weighted by Crippen LogP contribution is 2.18. The lowest BCUT2D eigenvalue weighted by Gasteiger charge is -2.24. The van der Waals surface area contributed by atoms with Gasteiger partial charge in [-0.1, -0.05) is 13.8 Å². The fourth-order valence-corrected chi connectivity index (χ4v) is 1.04. The van der Waals surface area contributed by atoms with Crippen molar-refractivity contribution in [1.82, 2.24) is 5.32 Å². The van der Waals surface area contributed by atoms with Gasteiger partial charge in [0, 0.05) is 20.3 Å². The molecular weight excluding hydrogens is 182 g/mol. The summed E-state index contributed by atoms with van der Waals surface area (Å²) in [5.74, 6) is -0.229. The van der Waals surface area contributed by atoms with E-state index in [1.54, 1.807) is 7.11 Å². The highest BCUT2D eigenvalue weighted by atomic mass is 16.5. The highest BCUT2D eigenvalue weighted by Gasteiger charge is 2.17. The first-order valence-electron chi connectivity index (χ1n) is 4.78. The lowest BCUT2D eigenvalue weighted by atomic mass is 9.90. The van der Waals surface area contributed by atoms with Crippen LogP contribution in [0.3, 0.4) is 0 Å². The van der Waals surface area contributed by atoms with E-state index in [-0.39, 0.29) is 17.9 Å². The summed E-state index contributed by atoms with van der Waals surface area (Å²) in [5, 5.41) is 3.06. The SMILES string of the molecule is COCCC(C)(C)CNCC(=O)OC. The Balaban J connectivity index is 3.59. The fraction of sp³-hybridized carbons (Fsp3) is 0.900. The molecule has 0 amide bonds. The summed E-state index contributed by atoms with van der Waals surface area (Å²) in [7, 11) is 3.08. The van der Waals surface area contributed by atoms with Gasteiger partial charge in [-0.05, 0) is 11.8 Å². The van der Waals surface area contributed by atoms with Crippen LogP contribution in [0, 0.1) is 5.41 Å². The van der Waals surface area contributed by atoms with Crippen LogP contribution >= 0.6 is 0 Å². The van der Waals surface area contributed by atoms with Crippen molar-refractivity contribution in [2.75, 3.05) is 33.9 Å². The van der Waals surface area contributed by atoms with Crippen molar-refractivity contribution in [3.63, 3.8) is 0 Å². The monoisotopic (exact) mass is 203 g/mol. The molecule has 14 heavy (non-hydrogen) atoms. The zero-order chi connectivity index (χ0) is 11.0. The molecule has 0 aliphatic heterocycles. The zero-order valence-electron chi connectivity index (χ0n) is 9.55. The molecule has 84 valence electrons. The topological polar surface area (TPSA) is 47.6 Å². The van der Waals surface area contributed by atoms with Gasteiger partial charge in [-0.25, -0.2) is 0 Å². The smallest absolute Gasteiger partial charge is 0.319 e. The molecule has 0 aromatic rings. The molecule has 0 unspecified atom stereocenters. The van der Waals surface area contributed by atoms with Gasteiger partial charge in [0.25, 0.3) is 0 Å². The van der Waals surface area contributed by atoms with E-state index < -0.39 is 0 Å². The number of methoxy groups -OCH3 is 2. The van der Waals surface area contributed by atoms with Gasteiger partial charge >= 0.3 is 5.97 Å². The minimum atomic E-state index is -0.229. The van der Waals surface area contributed by atoms with Gasteiger partial charge in [0.15, 0.2) is 0 Å². The average Bonchev–Trinajstić information content (AvgIpc) is 2.14. The number of nitrogens with one attached hydrogen (secondary N) is 1. The summed E-state index contributed by atoms with van der Waals surface area (Å²) in [5.41, 5.74) is 0.143. The molecule has 0 radical (unpaired) electrons. The summed E-state index contributed by atoms with van der Waals surface area (Å²) in [4.78, 5) is 10.8. The molecular formula is C10H21NO3. The van der Waals surface area contributed by atoms with Crippen LogP contribution in [0.2, 0.25) is 0 Å². The molecule has 0 rings (SSSR count). The van der Waals surface area contributed by atoms with Crippen LogP contribution in [0.25, 0.3) is 0 Å². The minimum Gasteiger partial charge on any atom is -0.468 e. The van der Waals surface area contributed by atoms with Crippen molar-refractivity contribution < 1.29 is 14.3 Å². The number of hydrogen-bond donors (Lipinski definition) is 1. The van der Waals surface area contributed by atoms with Gasteiger partial charge < -0.3 is 14.8 Å². The van der Waals surface area contributed by atoms with Gasteiger partial charge in [-0.2, -0.15) is 0 Å². The van der Waals surface area contributed by atoms with Crippen molar-refractivity contribution in [3.05, 3.63) is 0 Å². The maximum absolute atomic E-state index is 10.8. The third-order valence-electron chi connectivity index (χ3n) is 2.08. The second-order valence-corrected chi connectivity index (χ2v) is 4.09. The van der Waals surface area contributed by atoms with Crippen molar-refractivity contribution in [2.24, 2.45) is 5.41 Å². The standard InChI is InChI=1S/C10H21NO3/c1-10(2,5-6-13-3)8-11-7-9(12)14-4/h11H,5-8H2,1-4H3. The van der Waals surface area contributed by atoms with Crippen LogP contribution in [0.15, 0.2) is 0 Å². The molecule has 0 heterocycles. The molecule has 0 aliphatic carbocycles. The predicted octanol–water partition coefficient (Wildman–Crippen LogP) is 0.812. The van der Waals surface area contributed by atoms with Crippen LogP contribution in [0.5, 0.6) is 0 Å². The van der Waals surface area contributed by atoms with Crippen LogP contribution in [0.1, 0.15) is 20.3 Å². The lowest BCUT2D eigenvalue weighted by molar-refractivity contribution is -0.139. The van der Waals surface area contributed by atoms with E-state index in [4.69, 9.17) is 4.74 Å². The fourth-order valence-electron chi connectivity index (χ4n) is 1.04. The number of ether oxygens (including phenoxy) is 2. The largest absolute Gasteiger partial charge is 0.468 e. The molecule has 0 fully saturated rings. The Kier molecular flexibility index (Phi) is 6.49. The molecule has 4 heteroatoms. The molecule has 0 aliphatic rings. The molecule has 4 nitrogen and oxygen atoms in total. The number of esters is 1. The molecule has 0 spiro atoms. The van der Waals surface area contributed by atoms with Crippen molar-refractivity contribution >= 4 is 5.97 Å². The molecule has 0 atom stereocenters. The Morgan fingerprint density at radius 2 is 2.00 bits per heavy atom. The van der Waals surface area contributed by atoms with Gasteiger partial charge in [0.05, 0.1) is 13.7 Å². The second kappa shape index (κ2) is 6.79. The lowest BCUT2D eigenvalue weighted by Crippen LogP contribution is -2.34. The number of carbonyl (C=O) groups excluding carboxylic acids is 1. The number of rotatable bonds is 7. The van der Waals surface area contributed by atoms with E-state index in [0.717, 1.165) is 19.6 Å². The van der Waals surface area contributed by atoms with Gasteiger partial charge in [0.2, 0.25) is 0 Å². The molecule has 0 bridgehead atoms. The predicted molar refractivity (Wildman–Crippen MR) is 55.2 cm³/mol. The Morgan fingerprint density at radius 1 is 1.36 bits per heavy atom. The quantitative estimate of drug-likeness (QED) is 0.622. The van der Waals surface area contributed by atoms with Crippen molar-refractivity contribution in [1.29, 1.82) is 0 Å². The summed E-state index contributed by atoms with van der Waals surface area (Å²) < 4.78 is 9.53. The van der Waals surface area contributed by atoms with Crippen molar-refractivity contribution in [2.45, 2.75) is 20.3 Å². The van der Waals surface area contributed by atoms with E-state index in [2.05, 4.69) is 23.9 Å². The van der Waals surface area contributed by atoms with E-state index in [1.807, 2.05) is 0 Å². The second-order valence-electron chi connectivity index (χ2n) is 4.09. The van der Waals surface area contributed by atoms with Crippen LogP contribution in [0.4, 0.5) is 0 Å². The first-order valence-corrected chi connectivity index (χ1v) is 4.78. The molecule has 0 saturated heterocycles. The maximum Gasteiger partial charge on any atom is 0.319 e. The Morgan fingerprint density at radius 3 is 2.50 bits per heavy atom. The Labute approximate surface area is 86.0 Å². The Hall–Kier alpha value is -0.610. The number of carbonyl (C=O) groups is 1. The first kappa shape index (κ1) is 13.4. The van der Waals surface area contributed by atoms with Crippen molar-refractivity contribution in [3.8, 4) is 0 Å². The summed E-state index contributed by atoms with van der Waals surface area (Å²) >= 11 is 0. The van der Waals surface area contributed by atoms with E-state index in [0.29, 0.717) is 0 Å². The molecule has 0 aromatic heterocycles. The molecule has 0 aromatic carbocycles. The van der Waals surface area contributed by atoms with Crippen LogP contribution in [-0.2, 0) is 14.3 Å². The molecule has 1 N–H and O–H groups in total. The van der Waals surface area contributed by atoms with Gasteiger partial charge in [-0.15, -0.1) is 0 Å². The van der Waals surface area contributed by atoms with Crippen LogP contribution in [-0.4, -0.2) is 39.9 Å². The number of hydrogen-bond acceptors (Lipinski definition) is 4. The zero-order valence-corrected chi connectivity index (χ0v) is 9.55. The average molecular weight is 203 g/mol. The van der Waals surface area contributed by atoms with E-state index >= 15 is 0 Å². The summed E-state index contributed by atoms with van der Waals surface area (Å²) in [6.07, 6.45) is 0.970. The highest BCUT2D eigenvalue weighted by molar-refractivity contribution is 5.71. The maximum atomic E-state index is 10.8. The summed E-state index contributed by atoms with van der Waals surface area (Å²) in [6, 6.07) is 0. The summed E-state index contributed by atoms with van der Waals surface area (Å²) in [6.45, 7) is 6.07.